The maximum Gasteiger partial charge on any atom is 2.00 e. The molecule has 0 atom stereocenters. The minimum Gasteiger partial charge on any atom is -0.512 e. The van der Waals surface area contributed by atoms with E-state index in [4.69, 9.17) is 5.11 Å². The van der Waals surface area contributed by atoms with Gasteiger partial charge in [0.1, 0.15) is 0 Å². The van der Waals surface area contributed by atoms with Crippen molar-refractivity contribution in [2.24, 2.45) is 0 Å². The number of anilines is 3. The standard InChI is InChI=1S/C20H16N2.C5H8O2.Pt/c1-3-9-17(10-4-1)15-21-16-22(18-11-5-2-6-12-18)20-14-8-7-13-19(20)21;1-4(6)3-5(2)7;/h1-11,13-14,16H,15H2;3,6H,1-2H3;/q-2;;+2. The molecule has 156 valence electrons. The van der Waals surface area contributed by atoms with Gasteiger partial charge in [-0.05, 0) is 31.5 Å². The Morgan fingerprint density at radius 1 is 0.967 bits per heavy atom. The number of fused-ring (bicyclic) bond motifs is 1. The molecule has 1 heterocycles. The van der Waals surface area contributed by atoms with Gasteiger partial charge in [-0.25, -0.2) is 0 Å². The Morgan fingerprint density at radius 2 is 1.60 bits per heavy atom. The van der Waals surface area contributed by atoms with Crippen LogP contribution in [0, 0.1) is 12.7 Å². The predicted octanol–water partition coefficient (Wildman–Crippen LogP) is 5.80. The van der Waals surface area contributed by atoms with Crippen LogP contribution in [0.25, 0.3) is 0 Å². The second-order valence-corrected chi connectivity index (χ2v) is 6.73. The molecule has 0 saturated heterocycles. The van der Waals surface area contributed by atoms with Crippen LogP contribution in [0.2, 0.25) is 0 Å². The molecule has 0 saturated carbocycles. The van der Waals surface area contributed by atoms with Crippen LogP contribution in [0.15, 0.2) is 90.7 Å². The quantitative estimate of drug-likeness (QED) is 0.241. The molecule has 0 radical (unpaired) electrons. The molecule has 1 aliphatic rings. The number of hydrogen-bond donors (Lipinski definition) is 1. The van der Waals surface area contributed by atoms with Gasteiger partial charge in [-0.3, -0.25) is 4.79 Å². The molecule has 4 nitrogen and oxygen atoms in total. The van der Waals surface area contributed by atoms with E-state index in [2.05, 4.69) is 83.2 Å². The van der Waals surface area contributed by atoms with Gasteiger partial charge in [0.15, 0.2) is 5.78 Å². The molecular formula is C25H24N2O2Pt. The maximum absolute atomic E-state index is 10.0. The fraction of sp³-hybridized carbons (Fsp3) is 0.120. The van der Waals surface area contributed by atoms with Crippen LogP contribution in [0.5, 0.6) is 0 Å². The first-order chi connectivity index (χ1) is 14.0. The second kappa shape index (κ2) is 11.4. The molecule has 0 aromatic heterocycles. The molecule has 0 fully saturated rings. The van der Waals surface area contributed by atoms with Gasteiger partial charge in [0.05, 0.1) is 5.76 Å². The summed E-state index contributed by atoms with van der Waals surface area (Å²) in [6.45, 7) is 5.87. The van der Waals surface area contributed by atoms with E-state index >= 15 is 0 Å². The molecule has 30 heavy (non-hydrogen) atoms. The summed E-state index contributed by atoms with van der Waals surface area (Å²) < 4.78 is 0. The Kier molecular flexibility index (Phi) is 8.88. The summed E-state index contributed by atoms with van der Waals surface area (Å²) in [5.74, 6) is -0.0625. The van der Waals surface area contributed by atoms with Gasteiger partial charge in [0.2, 0.25) is 0 Å². The summed E-state index contributed by atoms with van der Waals surface area (Å²) >= 11 is 0. The molecule has 0 bridgehead atoms. The van der Waals surface area contributed by atoms with Crippen LogP contribution in [0.4, 0.5) is 17.1 Å². The third-order valence-corrected chi connectivity index (χ3v) is 4.27. The number of para-hydroxylation sites is 3. The molecule has 5 heteroatoms. The predicted molar refractivity (Wildman–Crippen MR) is 118 cm³/mol. The summed E-state index contributed by atoms with van der Waals surface area (Å²) in [5.41, 5.74) is 4.78. The Balaban J connectivity index is 0.000000350. The average molecular weight is 580 g/mol. The van der Waals surface area contributed by atoms with E-state index in [1.54, 1.807) is 0 Å². The van der Waals surface area contributed by atoms with Crippen LogP contribution in [-0.2, 0) is 32.4 Å². The first-order valence-electron chi connectivity index (χ1n) is 9.43. The minimum atomic E-state index is -0.125. The number of allylic oxidation sites excluding steroid dienone is 2. The molecular weight excluding hydrogens is 555 g/mol. The minimum absolute atomic E-state index is 0. The van der Waals surface area contributed by atoms with E-state index in [1.165, 1.54) is 36.9 Å². The van der Waals surface area contributed by atoms with Gasteiger partial charge in [-0.15, -0.1) is 5.69 Å². The number of aliphatic hydroxyl groups excluding tert-OH is 1. The fourth-order valence-electron chi connectivity index (χ4n) is 3.10. The number of ketones is 1. The average Bonchev–Trinajstić information content (AvgIpc) is 3.08. The maximum atomic E-state index is 10.0. The topological polar surface area (TPSA) is 43.8 Å². The summed E-state index contributed by atoms with van der Waals surface area (Å²) in [7, 11) is 0. The summed E-state index contributed by atoms with van der Waals surface area (Å²) in [5, 5.41) is 8.36. The number of carbonyl (C=O) groups excluding carboxylic acids is 1. The smallest absolute Gasteiger partial charge is 0.512 e. The van der Waals surface area contributed by atoms with Crippen molar-refractivity contribution in [1.82, 2.24) is 0 Å². The SMILES string of the molecule is CC(=O)C=C(C)O.[Pt+2].[c-]1ccccc1N1[CH-]N(Cc2ccccc2)c2ccccc21. The normalized spacial score (nSPS) is 12.4. The van der Waals surface area contributed by atoms with E-state index in [-0.39, 0.29) is 32.6 Å². The molecule has 4 rings (SSSR count). The Labute approximate surface area is 192 Å². The van der Waals surface area contributed by atoms with Gasteiger partial charge in [0, 0.05) is 24.0 Å². The van der Waals surface area contributed by atoms with Crippen molar-refractivity contribution in [3.05, 3.63) is 109 Å². The fourth-order valence-corrected chi connectivity index (χ4v) is 3.10. The number of rotatable bonds is 4. The Bertz CT molecular complexity index is 971. The molecule has 0 spiro atoms. The van der Waals surface area contributed by atoms with E-state index in [1.807, 2.05) is 18.2 Å². The van der Waals surface area contributed by atoms with Crippen molar-refractivity contribution >= 4 is 22.8 Å². The van der Waals surface area contributed by atoms with E-state index in [0.717, 1.165) is 12.2 Å². The first-order valence-corrected chi connectivity index (χ1v) is 9.43. The zero-order chi connectivity index (χ0) is 20.6. The van der Waals surface area contributed by atoms with Crippen molar-refractivity contribution in [2.45, 2.75) is 20.4 Å². The number of nitrogens with zero attached hydrogens (tertiary/aromatic N) is 2. The third kappa shape index (κ3) is 6.33. The van der Waals surface area contributed by atoms with Gasteiger partial charge < -0.3 is 14.9 Å². The van der Waals surface area contributed by atoms with Crippen LogP contribution < -0.4 is 9.80 Å². The number of aliphatic hydroxyl groups is 1. The van der Waals surface area contributed by atoms with Crippen LogP contribution in [0.1, 0.15) is 19.4 Å². The summed E-state index contributed by atoms with van der Waals surface area (Å²) in [4.78, 5) is 14.5. The number of hydrogen-bond acceptors (Lipinski definition) is 4. The number of carbonyl (C=O) groups is 1. The third-order valence-electron chi connectivity index (χ3n) is 4.27. The van der Waals surface area contributed by atoms with Crippen LogP contribution in [0.3, 0.4) is 0 Å². The van der Waals surface area contributed by atoms with Crippen molar-refractivity contribution in [2.75, 3.05) is 9.80 Å². The second-order valence-electron chi connectivity index (χ2n) is 6.73. The Hall–Kier alpha value is -2.84. The number of benzene rings is 3. The van der Waals surface area contributed by atoms with Gasteiger partial charge in [-0.2, -0.15) is 37.0 Å². The zero-order valence-corrected chi connectivity index (χ0v) is 19.2. The molecule has 0 amide bonds. The van der Waals surface area contributed by atoms with Crippen molar-refractivity contribution in [3.63, 3.8) is 0 Å². The monoisotopic (exact) mass is 579 g/mol. The summed E-state index contributed by atoms with van der Waals surface area (Å²) in [6, 6.07) is 30.4. The van der Waals surface area contributed by atoms with E-state index in [0.29, 0.717) is 0 Å². The van der Waals surface area contributed by atoms with Gasteiger partial charge >= 0.3 is 21.1 Å². The molecule has 0 aliphatic carbocycles. The van der Waals surface area contributed by atoms with E-state index < -0.39 is 0 Å². The van der Waals surface area contributed by atoms with Crippen molar-refractivity contribution < 1.29 is 31.0 Å². The first kappa shape index (κ1) is 23.4. The van der Waals surface area contributed by atoms with Crippen molar-refractivity contribution in [3.8, 4) is 0 Å². The molecule has 3 aromatic carbocycles. The van der Waals surface area contributed by atoms with Gasteiger partial charge in [0.25, 0.3) is 0 Å². The summed E-state index contributed by atoms with van der Waals surface area (Å²) in [6.07, 6.45) is 1.17. The zero-order valence-electron chi connectivity index (χ0n) is 16.9. The van der Waals surface area contributed by atoms with Gasteiger partial charge in [-0.1, -0.05) is 42.5 Å². The van der Waals surface area contributed by atoms with Crippen LogP contribution >= 0.6 is 0 Å². The molecule has 0 unspecified atom stereocenters. The van der Waals surface area contributed by atoms with Crippen molar-refractivity contribution in [1.29, 1.82) is 0 Å². The molecule has 1 N–H and O–H groups in total. The molecule has 3 aromatic rings. The largest absolute Gasteiger partial charge is 2.00 e. The van der Waals surface area contributed by atoms with Crippen LogP contribution in [-0.4, -0.2) is 10.9 Å². The van der Waals surface area contributed by atoms with E-state index in [9.17, 15) is 4.79 Å². The molecule has 1 aliphatic heterocycles. The Morgan fingerprint density at radius 3 is 2.17 bits per heavy atom.